The van der Waals surface area contributed by atoms with Crippen molar-refractivity contribution in [3.63, 3.8) is 0 Å². The van der Waals surface area contributed by atoms with E-state index >= 15 is 0 Å². The Hall–Kier alpha value is 2.22. The fraction of sp³-hybridized carbons (Fsp3) is 0. The number of nitrogens with zero attached hydrogens (tertiary/aromatic N) is 2. The Kier molecular flexibility index (Phi) is 24.2. The van der Waals surface area contributed by atoms with Gasteiger partial charge in [-0.3, -0.25) is 0 Å². The van der Waals surface area contributed by atoms with Crippen LogP contribution < -0.4 is 344 Å². The van der Waals surface area contributed by atoms with E-state index in [9.17, 15) is 77.8 Å². The molecule has 0 aromatic heterocycles. The van der Waals surface area contributed by atoms with Gasteiger partial charge in [0.15, 0.2) is 34.5 Å². The summed E-state index contributed by atoms with van der Waals surface area (Å²) in [7, 11) is -34.5. The van der Waals surface area contributed by atoms with Gasteiger partial charge in [0.2, 0.25) is 0 Å². The molecule has 0 atom stereocenters. The van der Waals surface area contributed by atoms with Crippen molar-refractivity contribution in [3.05, 3.63) is 108 Å². The molecule has 0 aliphatic carbocycles. The monoisotopic (exact) mass is 1360 g/mol. The quantitative estimate of drug-likeness (QED) is 0.0474. The van der Waals surface area contributed by atoms with E-state index in [2.05, 4.69) is 9.98 Å². The van der Waals surface area contributed by atoms with Gasteiger partial charge in [0.05, 0.1) is 43.6 Å². The summed E-state index contributed by atoms with van der Waals surface area (Å²) in [4.78, 5) is 9.14. The summed E-state index contributed by atoms with van der Waals surface area (Å²) in [5.74, 6) is -4.89. The van der Waals surface area contributed by atoms with E-state index in [4.69, 9.17) is 25.1 Å². The van der Waals surface area contributed by atoms with Crippen LogP contribution in [0.5, 0.6) is 34.5 Å². The van der Waals surface area contributed by atoms with Crippen molar-refractivity contribution in [1.29, 1.82) is 0 Å². The molecule has 0 saturated carbocycles. The minimum absolute atomic E-state index is 0. The van der Waals surface area contributed by atoms with Crippen LogP contribution in [0, 0.1) is 0 Å². The van der Waals surface area contributed by atoms with E-state index in [1.54, 1.807) is 0 Å². The molecule has 2 aliphatic rings. The molecule has 38 heteroatoms. The van der Waals surface area contributed by atoms with E-state index in [1.807, 2.05) is 0 Å². The summed E-state index contributed by atoms with van der Waals surface area (Å²) in [6.45, 7) is 0. The van der Waals surface area contributed by atoms with Crippen molar-refractivity contribution in [2.45, 2.75) is 0 Å². The normalized spacial score (nSPS) is 12.6. The minimum atomic E-state index is -5.92. The molecule has 2 aliphatic heterocycles. The molecule has 0 unspecified atom stereocenters. The molecule has 0 radical (unpaired) electrons. The zero-order valence-corrected chi connectivity index (χ0v) is 65.0. The van der Waals surface area contributed by atoms with Crippen molar-refractivity contribution in [2.75, 3.05) is 0 Å². The van der Waals surface area contributed by atoms with Gasteiger partial charge in [-0.25, -0.2) is 60.5 Å². The number of rotatable bonds is 12. The maximum absolute atomic E-state index is 12.7. The van der Waals surface area contributed by atoms with Crippen molar-refractivity contribution in [3.8, 4) is 56.8 Å². The number of hydrogen-bond acceptors (Lipinski definition) is 26. The summed E-state index contributed by atoms with van der Waals surface area (Å²) in [5, 5.41) is -6.32. The van der Waals surface area contributed by atoms with Gasteiger partial charge in [0, 0.05) is 65.3 Å². The topological polar surface area (TPSA) is 423 Å². The van der Waals surface area contributed by atoms with Gasteiger partial charge < -0.3 is 52.4 Å². The van der Waals surface area contributed by atoms with Crippen LogP contribution in [-0.2, 0) is 62.4 Å². The molecule has 9 aromatic carbocycles. The van der Waals surface area contributed by atoms with Gasteiger partial charge in [-0.05, 0) is 24.3 Å². The van der Waals surface area contributed by atoms with E-state index in [-0.39, 0.29) is 352 Å². The van der Waals surface area contributed by atoms with E-state index in [0.29, 0.717) is 0 Å². The third kappa shape index (κ3) is 14.5. The number of hydrogen-bond donors (Lipinski definition) is 0. The van der Waals surface area contributed by atoms with Crippen LogP contribution in [0.3, 0.4) is 0 Å². The first kappa shape index (κ1) is 73.0. The molecule has 11 rings (SSSR count). The Morgan fingerprint density at radius 3 is 0.738 bits per heavy atom. The summed E-state index contributed by atoms with van der Waals surface area (Å²) >= 11 is 0. The Morgan fingerprint density at radius 1 is 0.263 bits per heavy atom. The molecule has 0 N–H and O–H groups in total. The average Bonchev–Trinajstić information content (AvgIpc) is 3.85. The summed E-state index contributed by atoms with van der Waals surface area (Å²) in [6, 6.07) is 19.1. The molecule has 0 amide bonds. The summed E-state index contributed by atoms with van der Waals surface area (Å²) in [5.41, 5.74) is -1.04. The number of fused-ring (bicyclic) bond motifs is 16. The van der Waals surface area contributed by atoms with Gasteiger partial charge in [0.1, 0.15) is 0 Å². The van der Waals surface area contributed by atoms with Crippen LogP contribution >= 0.6 is 0 Å². The molecule has 2 heterocycles. The Balaban J connectivity index is 0.00000196. The first-order chi connectivity index (χ1) is 34.4. The smallest absolute Gasteiger partial charge is 0.716 e. The fourth-order valence-corrected chi connectivity index (χ4v) is 11.6. The third-order valence-electron chi connectivity index (χ3n) is 11.6. The van der Waals surface area contributed by atoms with Gasteiger partial charge in [-0.2, -0.15) is 0 Å². The molecular formula is C42H16K6N2O24S6. The Morgan fingerprint density at radius 2 is 0.475 bits per heavy atom. The van der Waals surface area contributed by atoms with E-state index in [1.165, 1.54) is 60.7 Å². The largest absolute Gasteiger partial charge is 1.00 e. The zero-order valence-electron chi connectivity index (χ0n) is 41.4. The Labute approximate surface area is 707 Å². The van der Waals surface area contributed by atoms with E-state index in [0.717, 1.165) is 36.4 Å². The first-order valence-electron chi connectivity index (χ1n) is 19.9. The van der Waals surface area contributed by atoms with Crippen molar-refractivity contribution in [2.24, 2.45) is 9.98 Å². The fourth-order valence-electron chi connectivity index (χ4n) is 9.32. The molecule has 0 spiro atoms. The van der Waals surface area contributed by atoms with Crippen molar-refractivity contribution < 1.29 is 411 Å². The summed E-state index contributed by atoms with van der Waals surface area (Å²) in [6.07, 6.45) is 0. The molecule has 0 saturated heterocycles. The molecule has 26 nitrogen and oxygen atoms in total. The maximum Gasteiger partial charge on any atom is 1.00 e. The van der Waals surface area contributed by atoms with Crippen LogP contribution in [0.25, 0.3) is 86.9 Å². The van der Waals surface area contributed by atoms with Crippen molar-refractivity contribution in [1.82, 2.24) is 0 Å². The number of benzene rings is 9. The summed E-state index contributed by atoms with van der Waals surface area (Å²) < 4.78 is 252. The second-order valence-corrected chi connectivity index (χ2v) is 21.7. The first-order valence-corrected chi connectivity index (χ1v) is 27.9. The molecular weight excluding hydrogens is 1340 g/mol. The predicted octanol–water partition coefficient (Wildman–Crippen LogP) is -14.5. The van der Waals surface area contributed by atoms with Crippen LogP contribution in [0.4, 0.5) is 11.4 Å². The van der Waals surface area contributed by atoms with Gasteiger partial charge in [0.25, 0.3) is 62.4 Å². The van der Waals surface area contributed by atoms with Crippen LogP contribution in [-0.4, -0.2) is 77.8 Å². The van der Waals surface area contributed by atoms with E-state index < -0.39 is 162 Å². The second kappa shape index (κ2) is 26.6. The average molecular weight is 1360 g/mol. The van der Waals surface area contributed by atoms with Crippen molar-refractivity contribution >= 4 is 138 Å². The Bertz CT molecular complexity index is 4730. The molecule has 380 valence electrons. The SMILES string of the molecule is O=S(=O)([O-])Oc1c2ccccc2c(OS(=O)(=O)[O-])c2c3c(ccc12)-c1ccc2c(OS(=O)(=O)[O-])c4c5c(ccc4c(OS(=O)(=O)[O-])c2c1=N3)-c1ccc2c(OS(=O)(=O)[O-])c3ccccc3c(OS(=O)(=O)[O-])c2c1N=5.[K+].[K+].[K+].[K+].[K+].[K+]. The second-order valence-electron chi connectivity index (χ2n) is 15.8. The molecule has 9 aromatic rings. The van der Waals surface area contributed by atoms with Gasteiger partial charge in [-0.15, -0.1) is 0 Å². The standard InChI is InChI=1S/C42H22N2O24S6.6K/c45-69(46,47)63-37-21-5-1-3-7-23(21)39(65-71(51,52)53)29-25(37)13-9-17-19-11-15-27-31(35(19)43-33(17)29)41(67-73(57,58)59)28-16-12-20-18-10-14-26-30(34(18)44-36(20)32(28)42(27)68-74(60,61)62)40(66-72(54,55)56)24-8-4-2-6-22(24)38(26)64-70(48,49)50;;;;;;/h1-16H,(H,45,46,47)(H,48,49,50)(H,51,52,53)(H,54,55,56)(H,57,58,59)(H,60,61,62);;;;;;/q;6*+1/p-6. The van der Waals surface area contributed by atoms with Crippen LogP contribution in [0.15, 0.2) is 107 Å². The maximum atomic E-state index is 12.7. The third-order valence-corrected chi connectivity index (χ3v) is 13.8. The zero-order chi connectivity index (χ0) is 53.0. The van der Waals surface area contributed by atoms with Gasteiger partial charge in [-0.1, -0.05) is 72.8 Å². The van der Waals surface area contributed by atoms with Crippen LogP contribution in [0.2, 0.25) is 0 Å². The van der Waals surface area contributed by atoms with Gasteiger partial charge >= 0.3 is 308 Å². The molecule has 80 heavy (non-hydrogen) atoms. The molecule has 0 fully saturated rings. The predicted molar refractivity (Wildman–Crippen MR) is 246 cm³/mol. The minimum Gasteiger partial charge on any atom is -0.716 e. The van der Waals surface area contributed by atoms with Crippen LogP contribution in [0.1, 0.15) is 0 Å². The molecule has 0 bridgehead atoms.